The first-order chi connectivity index (χ1) is 7.06. The smallest absolute Gasteiger partial charge is 0.125 e. The molecule has 2 N–H and O–H groups in total. The van der Waals surface area contributed by atoms with E-state index in [-0.39, 0.29) is 0 Å². The molecule has 0 fully saturated rings. The molecule has 1 aromatic carbocycles. The standard InChI is InChI=1S/C12H17BrN2/c1-4-5-15-12(14)10-6-8(2)11(13)9(3)7-10/h6-7H,4-5H2,1-3H3,(H2,14,15). The normalized spacial score (nSPS) is 11.9. The third kappa shape index (κ3) is 3.06. The van der Waals surface area contributed by atoms with Crippen LogP contribution in [0, 0.1) is 13.8 Å². The Labute approximate surface area is 99.7 Å². The van der Waals surface area contributed by atoms with Crippen molar-refractivity contribution >= 4 is 21.8 Å². The lowest BCUT2D eigenvalue weighted by molar-refractivity contribution is 0.930. The van der Waals surface area contributed by atoms with Crippen molar-refractivity contribution in [2.24, 2.45) is 10.7 Å². The van der Waals surface area contributed by atoms with Gasteiger partial charge >= 0.3 is 0 Å². The lowest BCUT2D eigenvalue weighted by Gasteiger charge is -2.07. The van der Waals surface area contributed by atoms with E-state index >= 15 is 0 Å². The molecule has 2 nitrogen and oxygen atoms in total. The summed E-state index contributed by atoms with van der Waals surface area (Å²) < 4.78 is 1.15. The van der Waals surface area contributed by atoms with Gasteiger partial charge in [-0.25, -0.2) is 0 Å². The molecule has 0 saturated carbocycles. The molecule has 0 saturated heterocycles. The van der Waals surface area contributed by atoms with Crippen LogP contribution in [0.4, 0.5) is 0 Å². The Balaban J connectivity index is 3.06. The number of halogens is 1. The van der Waals surface area contributed by atoms with Gasteiger partial charge in [0, 0.05) is 16.6 Å². The number of benzene rings is 1. The van der Waals surface area contributed by atoms with Gasteiger partial charge in [-0.15, -0.1) is 0 Å². The molecule has 3 heteroatoms. The third-order valence-electron chi connectivity index (χ3n) is 2.24. The maximum absolute atomic E-state index is 5.90. The molecule has 1 aromatic rings. The van der Waals surface area contributed by atoms with Gasteiger partial charge in [0.1, 0.15) is 5.84 Å². The highest BCUT2D eigenvalue weighted by Gasteiger charge is 2.04. The number of rotatable bonds is 3. The first-order valence-electron chi connectivity index (χ1n) is 5.13. The van der Waals surface area contributed by atoms with Crippen molar-refractivity contribution in [3.05, 3.63) is 33.3 Å². The monoisotopic (exact) mass is 268 g/mol. The summed E-state index contributed by atoms with van der Waals surface area (Å²) >= 11 is 3.53. The van der Waals surface area contributed by atoms with Crippen molar-refractivity contribution in [2.75, 3.05) is 6.54 Å². The summed E-state index contributed by atoms with van der Waals surface area (Å²) in [6, 6.07) is 4.12. The van der Waals surface area contributed by atoms with E-state index in [0.717, 1.165) is 23.0 Å². The van der Waals surface area contributed by atoms with E-state index in [1.807, 2.05) is 0 Å². The van der Waals surface area contributed by atoms with Crippen LogP contribution in [-0.2, 0) is 0 Å². The topological polar surface area (TPSA) is 38.4 Å². The van der Waals surface area contributed by atoms with E-state index in [1.165, 1.54) is 11.1 Å². The highest BCUT2D eigenvalue weighted by molar-refractivity contribution is 9.10. The molecule has 0 aliphatic heterocycles. The molecule has 0 amide bonds. The predicted molar refractivity (Wildman–Crippen MR) is 69.5 cm³/mol. The van der Waals surface area contributed by atoms with Gasteiger partial charge in [-0.2, -0.15) is 0 Å². The van der Waals surface area contributed by atoms with E-state index in [0.29, 0.717) is 5.84 Å². The average molecular weight is 269 g/mol. The van der Waals surface area contributed by atoms with Crippen molar-refractivity contribution < 1.29 is 0 Å². The maximum atomic E-state index is 5.90. The summed E-state index contributed by atoms with van der Waals surface area (Å²) in [4.78, 5) is 4.30. The van der Waals surface area contributed by atoms with Gasteiger partial charge < -0.3 is 5.73 Å². The summed E-state index contributed by atoms with van der Waals surface area (Å²) in [5, 5.41) is 0. The minimum absolute atomic E-state index is 0.635. The zero-order valence-corrected chi connectivity index (χ0v) is 11.1. The van der Waals surface area contributed by atoms with E-state index < -0.39 is 0 Å². The summed E-state index contributed by atoms with van der Waals surface area (Å²) in [6.45, 7) is 7.01. The van der Waals surface area contributed by atoms with E-state index in [9.17, 15) is 0 Å². The van der Waals surface area contributed by atoms with Gasteiger partial charge in [0.15, 0.2) is 0 Å². The molecule has 0 heterocycles. The molecule has 0 atom stereocenters. The van der Waals surface area contributed by atoms with E-state index in [2.05, 4.69) is 53.8 Å². The Morgan fingerprint density at radius 1 is 1.33 bits per heavy atom. The van der Waals surface area contributed by atoms with Crippen molar-refractivity contribution in [3.8, 4) is 0 Å². The first-order valence-corrected chi connectivity index (χ1v) is 5.92. The first kappa shape index (κ1) is 12.2. The molecular weight excluding hydrogens is 252 g/mol. The fourth-order valence-electron chi connectivity index (χ4n) is 1.42. The molecule has 0 unspecified atom stereocenters. The van der Waals surface area contributed by atoms with Crippen LogP contribution in [0.2, 0.25) is 0 Å². The lowest BCUT2D eigenvalue weighted by atomic mass is 10.1. The van der Waals surface area contributed by atoms with Crippen molar-refractivity contribution in [3.63, 3.8) is 0 Å². The second-order valence-corrected chi connectivity index (χ2v) is 4.48. The Kier molecular flexibility index (Phi) is 4.33. The molecule has 0 spiro atoms. The fraction of sp³-hybridized carbons (Fsp3) is 0.417. The Morgan fingerprint density at radius 3 is 2.33 bits per heavy atom. The summed E-state index contributed by atoms with van der Waals surface area (Å²) in [5.74, 6) is 0.635. The molecule has 0 bridgehead atoms. The van der Waals surface area contributed by atoms with Crippen LogP contribution in [0.1, 0.15) is 30.0 Å². The largest absolute Gasteiger partial charge is 0.384 e. The zero-order valence-electron chi connectivity index (χ0n) is 9.47. The second-order valence-electron chi connectivity index (χ2n) is 3.69. The SMILES string of the molecule is CCCN=C(N)c1cc(C)c(Br)c(C)c1. The van der Waals surface area contributed by atoms with Gasteiger partial charge in [-0.1, -0.05) is 22.9 Å². The number of hydrogen-bond acceptors (Lipinski definition) is 1. The van der Waals surface area contributed by atoms with Crippen LogP contribution in [0.25, 0.3) is 0 Å². The van der Waals surface area contributed by atoms with Gasteiger partial charge in [0.25, 0.3) is 0 Å². The van der Waals surface area contributed by atoms with Gasteiger partial charge in [0.2, 0.25) is 0 Å². The summed E-state index contributed by atoms with van der Waals surface area (Å²) in [7, 11) is 0. The molecule has 0 aliphatic rings. The second kappa shape index (κ2) is 5.31. The molecule has 82 valence electrons. The van der Waals surface area contributed by atoms with Crippen molar-refractivity contribution in [2.45, 2.75) is 27.2 Å². The van der Waals surface area contributed by atoms with Crippen molar-refractivity contribution in [1.82, 2.24) is 0 Å². The molecule has 0 aliphatic carbocycles. The van der Waals surface area contributed by atoms with Crippen LogP contribution in [0.3, 0.4) is 0 Å². The molecule has 15 heavy (non-hydrogen) atoms. The number of amidine groups is 1. The molecule has 0 aromatic heterocycles. The average Bonchev–Trinajstić information content (AvgIpc) is 2.21. The summed E-state index contributed by atoms with van der Waals surface area (Å²) in [5.41, 5.74) is 9.31. The van der Waals surface area contributed by atoms with Crippen LogP contribution >= 0.6 is 15.9 Å². The quantitative estimate of drug-likeness (QED) is 0.664. The minimum Gasteiger partial charge on any atom is -0.384 e. The van der Waals surface area contributed by atoms with Crippen molar-refractivity contribution in [1.29, 1.82) is 0 Å². The van der Waals surface area contributed by atoms with Crippen LogP contribution < -0.4 is 5.73 Å². The van der Waals surface area contributed by atoms with Crippen LogP contribution in [0.15, 0.2) is 21.6 Å². The zero-order chi connectivity index (χ0) is 11.4. The van der Waals surface area contributed by atoms with Gasteiger partial charge in [-0.05, 0) is 43.5 Å². The van der Waals surface area contributed by atoms with Gasteiger partial charge in [0.05, 0.1) is 0 Å². The fourth-order valence-corrected chi connectivity index (χ4v) is 1.65. The van der Waals surface area contributed by atoms with Gasteiger partial charge in [-0.3, -0.25) is 4.99 Å². The molecule has 0 radical (unpaired) electrons. The Bertz CT molecular complexity index is 360. The van der Waals surface area contributed by atoms with Crippen LogP contribution in [0.5, 0.6) is 0 Å². The number of hydrogen-bond donors (Lipinski definition) is 1. The van der Waals surface area contributed by atoms with E-state index in [1.54, 1.807) is 0 Å². The number of aliphatic imine (C=N–C) groups is 1. The minimum atomic E-state index is 0.635. The lowest BCUT2D eigenvalue weighted by Crippen LogP contribution is -2.14. The number of nitrogens with two attached hydrogens (primary N) is 1. The van der Waals surface area contributed by atoms with Crippen LogP contribution in [-0.4, -0.2) is 12.4 Å². The molecule has 1 rings (SSSR count). The maximum Gasteiger partial charge on any atom is 0.125 e. The molecular formula is C12H17BrN2. The Morgan fingerprint density at radius 2 is 1.87 bits per heavy atom. The highest BCUT2D eigenvalue weighted by Crippen LogP contribution is 2.22. The third-order valence-corrected chi connectivity index (χ3v) is 3.49. The van der Waals surface area contributed by atoms with E-state index in [4.69, 9.17) is 5.73 Å². The summed E-state index contributed by atoms with van der Waals surface area (Å²) in [6.07, 6.45) is 1.02. The predicted octanol–water partition coefficient (Wildman–Crippen LogP) is 3.18. The highest BCUT2D eigenvalue weighted by atomic mass is 79.9. The Hall–Kier alpha value is -0.830. The number of aryl methyl sites for hydroxylation is 2. The number of nitrogens with zero attached hydrogens (tertiary/aromatic N) is 1.